The molecular weight excluding hydrogens is 452 g/mol. The van der Waals surface area contributed by atoms with Crippen LogP contribution in [0.4, 0.5) is 11.4 Å². The van der Waals surface area contributed by atoms with E-state index in [0.717, 1.165) is 59.6 Å². The molecule has 1 fully saturated rings. The van der Waals surface area contributed by atoms with E-state index < -0.39 is 5.97 Å². The molecule has 3 N–H and O–H groups in total. The number of fused-ring (bicyclic) bond motifs is 1. The van der Waals surface area contributed by atoms with E-state index in [9.17, 15) is 14.8 Å². The van der Waals surface area contributed by atoms with Gasteiger partial charge in [-0.25, -0.2) is 4.79 Å². The Labute approximate surface area is 202 Å². The fourth-order valence-corrected chi connectivity index (χ4v) is 6.42. The van der Waals surface area contributed by atoms with Gasteiger partial charge in [0.2, 0.25) is 5.43 Å². The number of nitrogen functional groups attached to an aromatic ring is 1. The largest absolute Gasteiger partial charge is 0.462 e. The molecular formula is C25H30N4O4S. The number of carbonyl (C=O) groups excluding carboxylic acids is 1. The minimum Gasteiger partial charge on any atom is -0.462 e. The van der Waals surface area contributed by atoms with Gasteiger partial charge in [0.15, 0.2) is 0 Å². The number of rotatable bonds is 4. The number of oxime groups is 1. The Morgan fingerprint density at radius 2 is 2.15 bits per heavy atom. The number of aryl methyl sites for hydroxylation is 1. The third-order valence-corrected chi connectivity index (χ3v) is 8.46. The number of carbonyl (C=O) groups is 1. The standard InChI is InChI=1S/C25H30N4O4S/c1-4-33-25(31)18-11-29(15-5-6-15)22-14(3)23(19(26)9-16(22)24(18)30)28-8-7-20-17(10-28)21(27-32)13(2)12-34-20/h9,11,13,15,32H,4-8,10,12,26H2,1-3H3/b27-21+. The first-order chi connectivity index (χ1) is 16.3. The van der Waals surface area contributed by atoms with Crippen LogP contribution < -0.4 is 16.1 Å². The SMILES string of the molecule is CCOC(=O)c1cn(C2CC2)c2c(C)c(N3CCC4=C(C3)/C(=N/O)C(C)CS4)c(N)cc2c1=O. The third kappa shape index (κ3) is 3.66. The highest BCUT2D eigenvalue weighted by molar-refractivity contribution is 8.03. The third-order valence-electron chi connectivity index (χ3n) is 6.99. The van der Waals surface area contributed by atoms with Crippen molar-refractivity contribution in [1.29, 1.82) is 0 Å². The molecule has 9 heteroatoms. The van der Waals surface area contributed by atoms with Gasteiger partial charge in [0.25, 0.3) is 0 Å². The van der Waals surface area contributed by atoms with Crippen LogP contribution in [0.1, 0.15) is 55.1 Å². The van der Waals surface area contributed by atoms with Crippen LogP contribution in [0.5, 0.6) is 0 Å². The van der Waals surface area contributed by atoms with E-state index in [2.05, 4.69) is 21.5 Å². The van der Waals surface area contributed by atoms with Gasteiger partial charge in [0, 0.05) is 48.0 Å². The normalized spacial score (nSPS) is 21.8. The molecule has 3 heterocycles. The lowest BCUT2D eigenvalue weighted by Crippen LogP contribution is -2.38. The number of thioether (sulfide) groups is 1. The quantitative estimate of drug-likeness (QED) is 0.292. The van der Waals surface area contributed by atoms with Gasteiger partial charge in [-0.05, 0) is 49.6 Å². The monoisotopic (exact) mass is 482 g/mol. The molecule has 2 aromatic rings. The molecule has 0 bridgehead atoms. The number of benzene rings is 1. The van der Waals surface area contributed by atoms with Gasteiger partial charge in [-0.3, -0.25) is 4.79 Å². The van der Waals surface area contributed by atoms with Crippen LogP contribution in [0.25, 0.3) is 10.9 Å². The van der Waals surface area contributed by atoms with Crippen molar-refractivity contribution in [2.45, 2.75) is 46.1 Å². The van der Waals surface area contributed by atoms with Gasteiger partial charge in [0.1, 0.15) is 5.56 Å². The van der Waals surface area contributed by atoms with Crippen LogP contribution in [-0.2, 0) is 4.74 Å². The number of hydrogen-bond donors (Lipinski definition) is 2. The molecule has 1 aromatic carbocycles. The van der Waals surface area contributed by atoms with Crippen molar-refractivity contribution in [2.75, 3.05) is 36.1 Å². The lowest BCUT2D eigenvalue weighted by molar-refractivity contribution is 0.0524. The van der Waals surface area contributed by atoms with Crippen LogP contribution in [0, 0.1) is 12.8 Å². The van der Waals surface area contributed by atoms with Crippen molar-refractivity contribution in [1.82, 2.24) is 4.57 Å². The Hall–Kier alpha value is -2.94. The maximum absolute atomic E-state index is 13.3. The molecule has 1 aromatic heterocycles. The van der Waals surface area contributed by atoms with Crippen LogP contribution in [0.15, 0.2) is 32.7 Å². The van der Waals surface area contributed by atoms with Crippen molar-refractivity contribution < 1.29 is 14.7 Å². The van der Waals surface area contributed by atoms with Crippen molar-refractivity contribution in [3.05, 3.63) is 44.1 Å². The number of pyridine rings is 1. The van der Waals surface area contributed by atoms with E-state index in [-0.39, 0.29) is 29.6 Å². The summed E-state index contributed by atoms with van der Waals surface area (Å²) >= 11 is 1.85. The highest BCUT2D eigenvalue weighted by Crippen LogP contribution is 2.43. The second kappa shape index (κ2) is 8.69. The first kappa shape index (κ1) is 22.8. The van der Waals surface area contributed by atoms with Gasteiger partial charge >= 0.3 is 5.97 Å². The van der Waals surface area contributed by atoms with E-state index >= 15 is 0 Å². The zero-order valence-electron chi connectivity index (χ0n) is 19.8. The summed E-state index contributed by atoms with van der Waals surface area (Å²) in [5.41, 5.74) is 11.3. The van der Waals surface area contributed by atoms with Crippen molar-refractivity contribution in [3.63, 3.8) is 0 Å². The zero-order valence-corrected chi connectivity index (χ0v) is 20.6. The fourth-order valence-electron chi connectivity index (χ4n) is 5.23. The summed E-state index contributed by atoms with van der Waals surface area (Å²) in [4.78, 5) is 29.3. The number of anilines is 2. The summed E-state index contributed by atoms with van der Waals surface area (Å²) in [6, 6.07) is 1.97. The van der Waals surface area contributed by atoms with Gasteiger partial charge < -0.3 is 25.1 Å². The molecule has 5 rings (SSSR count). The highest BCUT2D eigenvalue weighted by atomic mass is 32.2. The summed E-state index contributed by atoms with van der Waals surface area (Å²) in [6.45, 7) is 7.42. The molecule has 2 aliphatic heterocycles. The van der Waals surface area contributed by atoms with Crippen molar-refractivity contribution >= 4 is 45.7 Å². The van der Waals surface area contributed by atoms with Crippen molar-refractivity contribution in [3.8, 4) is 0 Å². The smallest absolute Gasteiger partial charge is 0.343 e. The first-order valence-corrected chi connectivity index (χ1v) is 12.8. The number of nitrogens with zero attached hydrogens (tertiary/aromatic N) is 3. The average molecular weight is 483 g/mol. The first-order valence-electron chi connectivity index (χ1n) is 11.8. The summed E-state index contributed by atoms with van der Waals surface area (Å²) in [5.74, 6) is 0.510. The van der Waals surface area contributed by atoms with Crippen LogP contribution in [0.2, 0.25) is 0 Å². The van der Waals surface area contributed by atoms with Gasteiger partial charge in [0.05, 0.1) is 29.2 Å². The molecule has 0 radical (unpaired) electrons. The summed E-state index contributed by atoms with van der Waals surface area (Å²) in [7, 11) is 0. The second-order valence-corrected chi connectivity index (χ2v) is 10.5. The molecule has 1 aliphatic carbocycles. The number of hydrogen-bond acceptors (Lipinski definition) is 8. The molecule has 3 aliphatic rings. The summed E-state index contributed by atoms with van der Waals surface area (Å²) < 4.78 is 7.21. The Bertz CT molecular complexity index is 1310. The van der Waals surface area contributed by atoms with Gasteiger partial charge in [-0.2, -0.15) is 0 Å². The number of esters is 1. The average Bonchev–Trinajstić information content (AvgIpc) is 3.65. The maximum Gasteiger partial charge on any atom is 0.343 e. The molecule has 1 atom stereocenters. The topological polar surface area (TPSA) is 110 Å². The van der Waals surface area contributed by atoms with Crippen LogP contribution in [0.3, 0.4) is 0 Å². The Balaban J connectivity index is 1.65. The Morgan fingerprint density at radius 3 is 2.82 bits per heavy atom. The molecule has 0 amide bonds. The van der Waals surface area contributed by atoms with Crippen LogP contribution in [-0.4, -0.2) is 46.9 Å². The number of nitrogens with two attached hydrogens (primary N) is 1. The minimum atomic E-state index is -0.598. The van der Waals surface area contributed by atoms with Crippen LogP contribution >= 0.6 is 11.8 Å². The Kier molecular flexibility index (Phi) is 5.83. The predicted octanol–water partition coefficient (Wildman–Crippen LogP) is 4.08. The minimum absolute atomic E-state index is 0.0533. The number of ether oxygens (including phenoxy) is 1. The Morgan fingerprint density at radius 1 is 1.38 bits per heavy atom. The predicted molar refractivity (Wildman–Crippen MR) is 136 cm³/mol. The van der Waals surface area contributed by atoms with E-state index in [1.807, 2.05) is 18.7 Å². The van der Waals surface area contributed by atoms with E-state index in [4.69, 9.17) is 10.5 Å². The zero-order chi connectivity index (χ0) is 24.1. The second-order valence-electron chi connectivity index (χ2n) is 9.34. The van der Waals surface area contributed by atoms with E-state index in [0.29, 0.717) is 17.6 Å². The molecule has 34 heavy (non-hydrogen) atoms. The molecule has 180 valence electrons. The van der Waals surface area contributed by atoms with Gasteiger partial charge in [-0.1, -0.05) is 12.1 Å². The van der Waals surface area contributed by atoms with E-state index in [1.54, 1.807) is 19.2 Å². The molecule has 0 saturated heterocycles. The highest BCUT2D eigenvalue weighted by Gasteiger charge is 2.33. The van der Waals surface area contributed by atoms with E-state index in [1.165, 1.54) is 4.91 Å². The van der Waals surface area contributed by atoms with Gasteiger partial charge in [-0.15, -0.1) is 11.8 Å². The number of aromatic nitrogens is 1. The summed E-state index contributed by atoms with van der Waals surface area (Å²) in [5, 5.41) is 13.8. The van der Waals surface area contributed by atoms with Crippen molar-refractivity contribution in [2.24, 2.45) is 11.1 Å². The molecule has 1 unspecified atom stereocenters. The fraction of sp³-hybridized carbons (Fsp3) is 0.480. The summed E-state index contributed by atoms with van der Waals surface area (Å²) in [6.07, 6.45) is 4.54. The lowest BCUT2D eigenvalue weighted by atomic mass is 9.94. The molecule has 1 saturated carbocycles. The molecule has 8 nitrogen and oxygen atoms in total. The lowest BCUT2D eigenvalue weighted by Gasteiger charge is -2.37. The molecule has 0 spiro atoms. The maximum atomic E-state index is 13.3.